The summed E-state index contributed by atoms with van der Waals surface area (Å²) in [7, 11) is 0. The molecule has 2 aliphatic heterocycles. The van der Waals surface area contributed by atoms with Gasteiger partial charge in [0.15, 0.2) is 0 Å². The van der Waals surface area contributed by atoms with Gasteiger partial charge in [0.25, 0.3) is 0 Å². The van der Waals surface area contributed by atoms with Crippen LogP contribution >= 0.6 is 23.5 Å². The zero-order chi connectivity index (χ0) is 22.8. The van der Waals surface area contributed by atoms with Gasteiger partial charge in [0.1, 0.15) is 0 Å². The topological polar surface area (TPSA) is 93.2 Å². The molecule has 8 nitrogen and oxygen atoms in total. The van der Waals surface area contributed by atoms with Crippen LogP contribution in [-0.2, 0) is 28.7 Å². The smallest absolute Gasteiger partial charge is 0.242 e. The maximum absolute atomic E-state index is 12.3. The van der Waals surface area contributed by atoms with E-state index in [1.807, 2.05) is 6.92 Å². The predicted molar refractivity (Wildman–Crippen MR) is 122 cm³/mol. The zero-order valence-corrected chi connectivity index (χ0v) is 20.3. The molecule has 31 heavy (non-hydrogen) atoms. The summed E-state index contributed by atoms with van der Waals surface area (Å²) in [5.74, 6) is 1.70. The number of thioether (sulfide) groups is 2. The molecule has 0 radical (unpaired) electrons. The number of amides is 4. The number of likely N-dealkylation sites (tertiary alicyclic amines) is 2. The summed E-state index contributed by atoms with van der Waals surface area (Å²) in [6, 6.07) is 0. The fraction of sp³-hybridized carbons (Fsp3) is 0.810. The lowest BCUT2D eigenvalue weighted by Gasteiger charge is -2.16. The van der Waals surface area contributed by atoms with Gasteiger partial charge >= 0.3 is 0 Å². The van der Waals surface area contributed by atoms with Crippen molar-refractivity contribution in [1.29, 1.82) is 0 Å². The quantitative estimate of drug-likeness (QED) is 0.262. The van der Waals surface area contributed by atoms with Gasteiger partial charge in [-0.3, -0.25) is 29.0 Å². The molecule has 0 bridgehead atoms. The van der Waals surface area contributed by atoms with Crippen LogP contribution in [0.2, 0.25) is 0 Å². The SMILES string of the molecule is CCCSC1CC(=O)N(CCOCCOCCN2C(=O)CC(SCC(C)C)C2=O)C1=O. The van der Waals surface area contributed by atoms with Crippen LogP contribution in [0.3, 0.4) is 0 Å². The highest BCUT2D eigenvalue weighted by atomic mass is 32.2. The second-order valence-corrected chi connectivity index (χ2v) is 10.5. The maximum Gasteiger partial charge on any atom is 0.242 e. The highest BCUT2D eigenvalue weighted by Gasteiger charge is 2.39. The lowest BCUT2D eigenvalue weighted by atomic mass is 10.3. The number of nitrogens with zero attached hydrogens (tertiary/aromatic N) is 2. The molecule has 176 valence electrons. The second kappa shape index (κ2) is 13.4. The molecule has 0 aromatic carbocycles. The van der Waals surface area contributed by atoms with E-state index in [-0.39, 0.29) is 73.3 Å². The van der Waals surface area contributed by atoms with Crippen LogP contribution in [0.1, 0.15) is 40.0 Å². The monoisotopic (exact) mass is 474 g/mol. The Balaban J connectivity index is 1.54. The molecule has 0 aromatic heterocycles. The van der Waals surface area contributed by atoms with Gasteiger partial charge in [-0.2, -0.15) is 0 Å². The summed E-state index contributed by atoms with van der Waals surface area (Å²) in [6.07, 6.45) is 1.52. The van der Waals surface area contributed by atoms with E-state index in [1.165, 1.54) is 9.80 Å². The summed E-state index contributed by atoms with van der Waals surface area (Å²) >= 11 is 3.09. The van der Waals surface area contributed by atoms with Gasteiger partial charge in [0.2, 0.25) is 23.6 Å². The van der Waals surface area contributed by atoms with Crippen LogP contribution in [0.5, 0.6) is 0 Å². The lowest BCUT2D eigenvalue weighted by Crippen LogP contribution is -2.35. The van der Waals surface area contributed by atoms with E-state index in [0.29, 0.717) is 19.1 Å². The second-order valence-electron chi connectivity index (χ2n) is 7.98. The first-order valence-corrected chi connectivity index (χ1v) is 13.0. The van der Waals surface area contributed by atoms with E-state index in [1.54, 1.807) is 23.5 Å². The minimum absolute atomic E-state index is 0.117. The largest absolute Gasteiger partial charge is 0.377 e. The molecule has 0 aromatic rings. The molecule has 10 heteroatoms. The Morgan fingerprint density at radius 2 is 1.32 bits per heavy atom. The third-order valence-electron chi connectivity index (χ3n) is 4.85. The Morgan fingerprint density at radius 1 is 0.839 bits per heavy atom. The normalized spacial score (nSPS) is 21.9. The van der Waals surface area contributed by atoms with Gasteiger partial charge in [-0.25, -0.2) is 0 Å². The number of imide groups is 2. The van der Waals surface area contributed by atoms with Gasteiger partial charge in [-0.05, 0) is 23.8 Å². The van der Waals surface area contributed by atoms with Gasteiger partial charge in [0, 0.05) is 12.8 Å². The van der Waals surface area contributed by atoms with E-state index >= 15 is 0 Å². The van der Waals surface area contributed by atoms with Crippen LogP contribution in [0.25, 0.3) is 0 Å². The molecule has 0 saturated carbocycles. The third kappa shape index (κ3) is 8.07. The van der Waals surface area contributed by atoms with E-state index in [0.717, 1.165) is 17.9 Å². The Hall–Kier alpha value is -1.10. The van der Waals surface area contributed by atoms with Gasteiger partial charge in [0.05, 0.1) is 50.0 Å². The summed E-state index contributed by atoms with van der Waals surface area (Å²) in [5.41, 5.74) is 0. The first-order valence-electron chi connectivity index (χ1n) is 10.9. The highest BCUT2D eigenvalue weighted by molar-refractivity contribution is 8.00. The fourth-order valence-electron chi connectivity index (χ4n) is 3.24. The van der Waals surface area contributed by atoms with E-state index in [9.17, 15) is 19.2 Å². The minimum atomic E-state index is -0.269. The van der Waals surface area contributed by atoms with Crippen LogP contribution in [0.4, 0.5) is 0 Å². The number of rotatable bonds is 15. The number of hydrogen-bond donors (Lipinski definition) is 0. The van der Waals surface area contributed by atoms with Gasteiger partial charge < -0.3 is 9.47 Å². The van der Waals surface area contributed by atoms with Crippen molar-refractivity contribution >= 4 is 47.2 Å². The molecule has 2 atom stereocenters. The van der Waals surface area contributed by atoms with Crippen molar-refractivity contribution in [1.82, 2.24) is 9.80 Å². The number of ether oxygens (including phenoxy) is 2. The standard InChI is InChI=1S/C21H34N2O6S2/c1-4-11-30-16-12-18(24)22(20(16)26)5-7-28-9-10-29-8-6-23-19(25)13-17(21(23)27)31-14-15(2)3/h15-17H,4-14H2,1-3H3. The van der Waals surface area contributed by atoms with Crippen LogP contribution in [0.15, 0.2) is 0 Å². The Bertz CT molecular complexity index is 645. The van der Waals surface area contributed by atoms with Crippen molar-refractivity contribution in [3.05, 3.63) is 0 Å². The third-order valence-corrected chi connectivity index (χ3v) is 7.89. The van der Waals surface area contributed by atoms with Crippen molar-refractivity contribution in [3.63, 3.8) is 0 Å². The van der Waals surface area contributed by atoms with Crippen LogP contribution < -0.4 is 0 Å². The minimum Gasteiger partial charge on any atom is -0.377 e. The first kappa shape index (κ1) is 26.2. The molecule has 2 heterocycles. The summed E-state index contributed by atoms with van der Waals surface area (Å²) < 4.78 is 10.9. The summed E-state index contributed by atoms with van der Waals surface area (Å²) in [6.45, 7) is 7.91. The molecule has 2 saturated heterocycles. The number of hydrogen-bond acceptors (Lipinski definition) is 8. The van der Waals surface area contributed by atoms with Crippen LogP contribution in [-0.4, -0.2) is 95.0 Å². The molecule has 0 aliphatic carbocycles. The van der Waals surface area contributed by atoms with E-state index in [4.69, 9.17) is 9.47 Å². The first-order chi connectivity index (χ1) is 14.8. The molecule has 2 unspecified atom stereocenters. The Kier molecular flexibility index (Phi) is 11.3. The average molecular weight is 475 g/mol. The van der Waals surface area contributed by atoms with Crippen molar-refractivity contribution in [3.8, 4) is 0 Å². The maximum atomic E-state index is 12.3. The Morgan fingerprint density at radius 3 is 1.77 bits per heavy atom. The molecule has 2 rings (SSSR count). The van der Waals surface area contributed by atoms with Crippen LogP contribution in [0, 0.1) is 5.92 Å². The summed E-state index contributed by atoms with van der Waals surface area (Å²) in [5, 5.41) is -0.524. The highest BCUT2D eigenvalue weighted by Crippen LogP contribution is 2.27. The van der Waals surface area contributed by atoms with Crippen molar-refractivity contribution in [2.75, 3.05) is 51.0 Å². The lowest BCUT2D eigenvalue weighted by molar-refractivity contribution is -0.141. The summed E-state index contributed by atoms with van der Waals surface area (Å²) in [4.78, 5) is 51.2. The molecular formula is C21H34N2O6S2. The molecule has 2 aliphatic rings. The number of carbonyl (C=O) groups is 4. The van der Waals surface area contributed by atoms with E-state index in [2.05, 4.69) is 13.8 Å². The van der Waals surface area contributed by atoms with Crippen molar-refractivity contribution < 1.29 is 28.7 Å². The number of carbonyl (C=O) groups excluding carboxylic acids is 4. The molecular weight excluding hydrogens is 440 g/mol. The van der Waals surface area contributed by atoms with Crippen molar-refractivity contribution in [2.24, 2.45) is 5.92 Å². The van der Waals surface area contributed by atoms with Crippen molar-refractivity contribution in [2.45, 2.75) is 50.5 Å². The fourth-order valence-corrected chi connectivity index (χ4v) is 5.44. The zero-order valence-electron chi connectivity index (χ0n) is 18.7. The molecule has 0 N–H and O–H groups in total. The average Bonchev–Trinajstić information content (AvgIpc) is 3.15. The van der Waals surface area contributed by atoms with Gasteiger partial charge in [-0.1, -0.05) is 20.8 Å². The molecule has 2 fully saturated rings. The molecule has 4 amide bonds. The Labute approximate surface area is 193 Å². The van der Waals surface area contributed by atoms with Gasteiger partial charge in [-0.15, -0.1) is 23.5 Å². The molecule has 0 spiro atoms. The predicted octanol–water partition coefficient (Wildman–Crippen LogP) is 1.81. The van der Waals surface area contributed by atoms with E-state index < -0.39 is 0 Å².